The molecule has 4 rings (SSSR count). The van der Waals surface area contributed by atoms with E-state index in [1.165, 1.54) is 0 Å². The Balaban J connectivity index is 1.37. The monoisotopic (exact) mass is 677 g/mol. The van der Waals surface area contributed by atoms with Crippen molar-refractivity contribution in [3.8, 4) is 12.0 Å². The van der Waals surface area contributed by atoms with Crippen LogP contribution in [0.25, 0.3) is 11.2 Å². The fraction of sp³-hybridized carbons (Fsp3) is 0.457. The van der Waals surface area contributed by atoms with Gasteiger partial charge in [0.2, 0.25) is 0 Å². The number of nitrogens with zero attached hydrogens (tertiary/aromatic N) is 6. The average molecular weight is 678 g/mol. The minimum absolute atomic E-state index is 0.0727. The highest BCUT2D eigenvalue weighted by Gasteiger charge is 2.23. The minimum atomic E-state index is -0.898. The molecular weight excluding hydrogens is 630 g/mol. The number of fused-ring (bicyclic) bond motifs is 1. The highest BCUT2D eigenvalue weighted by Crippen LogP contribution is 2.26. The van der Waals surface area contributed by atoms with Gasteiger partial charge in [0.25, 0.3) is 6.01 Å². The molecule has 3 N–H and O–H groups in total. The first-order valence-corrected chi connectivity index (χ1v) is 16.1. The minimum Gasteiger partial charge on any atom is -0.481 e. The van der Waals surface area contributed by atoms with Gasteiger partial charge in [-0.15, -0.1) is 0 Å². The summed E-state index contributed by atoms with van der Waals surface area (Å²) in [6.45, 7) is 8.91. The molecule has 14 heteroatoms. The Morgan fingerprint density at radius 3 is 2.31 bits per heavy atom. The number of rotatable bonds is 17. The third kappa shape index (κ3) is 11.0. The second-order valence-electron chi connectivity index (χ2n) is 12.8. The number of hydrogen-bond donors (Lipinski definition) is 2. The van der Waals surface area contributed by atoms with Gasteiger partial charge >= 0.3 is 18.1 Å². The predicted octanol–water partition coefficient (Wildman–Crippen LogP) is 4.38. The summed E-state index contributed by atoms with van der Waals surface area (Å²) in [6, 6.07) is 16.1. The van der Waals surface area contributed by atoms with Crippen molar-refractivity contribution >= 4 is 29.0 Å². The zero-order valence-electron chi connectivity index (χ0n) is 29.1. The third-order valence-corrected chi connectivity index (χ3v) is 7.42. The van der Waals surface area contributed by atoms with Crippen LogP contribution in [0, 0.1) is 0 Å². The quantitative estimate of drug-likeness (QED) is 0.152. The number of methoxy groups -OCH3 is 2. The molecule has 0 bridgehead atoms. The Morgan fingerprint density at radius 2 is 1.63 bits per heavy atom. The number of carbonyl (C=O) groups excluding carboxylic acids is 1. The van der Waals surface area contributed by atoms with Crippen LogP contribution in [0.2, 0.25) is 0 Å². The van der Waals surface area contributed by atoms with Crippen LogP contribution in [0.1, 0.15) is 49.4 Å². The van der Waals surface area contributed by atoms with Gasteiger partial charge in [-0.05, 0) is 63.0 Å². The van der Waals surface area contributed by atoms with Crippen molar-refractivity contribution in [1.29, 1.82) is 0 Å². The van der Waals surface area contributed by atoms with Gasteiger partial charge in [-0.25, -0.2) is 4.79 Å². The summed E-state index contributed by atoms with van der Waals surface area (Å²) in [5.41, 5.74) is 10.2. The van der Waals surface area contributed by atoms with Crippen LogP contribution < -0.4 is 15.2 Å². The van der Waals surface area contributed by atoms with Crippen LogP contribution in [-0.4, -0.2) is 99.7 Å². The van der Waals surface area contributed by atoms with Crippen molar-refractivity contribution < 1.29 is 33.6 Å². The standard InChI is InChI=1S/C35H47N7O7/c1-35(2,3)49-34(45)41(22-27-10-7-9-26(19-27)20-28(43)44)16-8-15-40(4)21-24-11-13-25(14-12-24)23-42-31-29(37-33(42)47-6)30(36)38-32(39-31)48-18-17-46-5/h7,9-14,19H,8,15-18,20-23H2,1-6H3,(H,43,44)(H2,36,38,39). The number of hydrogen-bond acceptors (Lipinski definition) is 11. The van der Waals surface area contributed by atoms with Crippen LogP contribution in [0.3, 0.4) is 0 Å². The van der Waals surface area contributed by atoms with Gasteiger partial charge in [-0.2, -0.15) is 15.0 Å². The Kier molecular flexibility index (Phi) is 12.7. The van der Waals surface area contributed by atoms with E-state index in [0.29, 0.717) is 55.5 Å². The summed E-state index contributed by atoms with van der Waals surface area (Å²) in [4.78, 5) is 41.4. The number of carboxylic acids is 1. The summed E-state index contributed by atoms with van der Waals surface area (Å²) >= 11 is 0. The smallest absolute Gasteiger partial charge is 0.410 e. The number of nitrogen functional groups attached to an aromatic ring is 1. The van der Waals surface area contributed by atoms with Crippen molar-refractivity contribution in [2.75, 3.05) is 53.3 Å². The molecule has 264 valence electrons. The molecule has 0 radical (unpaired) electrons. The first-order valence-electron chi connectivity index (χ1n) is 16.1. The van der Waals surface area contributed by atoms with Gasteiger partial charge in [0, 0.05) is 26.7 Å². The second-order valence-corrected chi connectivity index (χ2v) is 12.8. The highest BCUT2D eigenvalue weighted by atomic mass is 16.6. The maximum absolute atomic E-state index is 13.1. The topological polar surface area (TPSA) is 167 Å². The number of ether oxygens (including phenoxy) is 4. The third-order valence-electron chi connectivity index (χ3n) is 7.42. The Morgan fingerprint density at radius 1 is 0.918 bits per heavy atom. The van der Waals surface area contributed by atoms with Crippen molar-refractivity contribution in [1.82, 2.24) is 29.3 Å². The molecule has 14 nitrogen and oxygen atoms in total. The number of aliphatic carboxylic acids is 1. The van der Waals surface area contributed by atoms with Crippen molar-refractivity contribution in [3.05, 3.63) is 70.8 Å². The van der Waals surface area contributed by atoms with Gasteiger partial charge in [-0.3, -0.25) is 9.36 Å². The molecule has 0 saturated heterocycles. The zero-order valence-corrected chi connectivity index (χ0v) is 29.1. The molecule has 2 aromatic carbocycles. The van der Waals surface area contributed by atoms with E-state index in [2.05, 4.69) is 44.1 Å². The molecule has 0 atom stereocenters. The van der Waals surface area contributed by atoms with E-state index >= 15 is 0 Å². The average Bonchev–Trinajstić information content (AvgIpc) is 3.38. The molecule has 0 fully saturated rings. The number of carboxylic acid groups (broad SMARTS) is 1. The van der Waals surface area contributed by atoms with Crippen molar-refractivity contribution in [2.45, 2.75) is 58.8 Å². The van der Waals surface area contributed by atoms with E-state index < -0.39 is 17.7 Å². The molecule has 2 heterocycles. The van der Waals surface area contributed by atoms with E-state index in [-0.39, 0.29) is 24.9 Å². The first-order chi connectivity index (χ1) is 23.3. The molecule has 0 spiro atoms. The normalized spacial score (nSPS) is 11.6. The molecule has 0 unspecified atom stereocenters. The summed E-state index contributed by atoms with van der Waals surface area (Å²) in [6.07, 6.45) is 0.246. The maximum Gasteiger partial charge on any atom is 0.410 e. The summed E-state index contributed by atoms with van der Waals surface area (Å²) in [5.74, 6) is -0.697. The number of carbonyl (C=O) groups is 2. The van der Waals surface area contributed by atoms with E-state index in [9.17, 15) is 14.7 Å². The van der Waals surface area contributed by atoms with E-state index in [0.717, 1.165) is 29.7 Å². The second kappa shape index (κ2) is 16.9. The maximum atomic E-state index is 13.1. The van der Waals surface area contributed by atoms with Gasteiger partial charge in [0.05, 0.1) is 26.7 Å². The molecule has 2 aromatic heterocycles. The van der Waals surface area contributed by atoms with E-state index in [1.54, 1.807) is 25.2 Å². The fourth-order valence-electron chi connectivity index (χ4n) is 5.21. The first kappa shape index (κ1) is 36.9. The Labute approximate surface area is 286 Å². The molecule has 4 aromatic rings. The number of benzene rings is 2. The predicted molar refractivity (Wildman–Crippen MR) is 185 cm³/mol. The summed E-state index contributed by atoms with van der Waals surface area (Å²) in [5, 5.41) is 9.18. The Hall–Kier alpha value is -4.95. The lowest BCUT2D eigenvalue weighted by molar-refractivity contribution is -0.136. The molecule has 0 saturated carbocycles. The number of imidazole rings is 1. The number of nitrogens with two attached hydrogens (primary N) is 1. The number of anilines is 1. The number of aromatic nitrogens is 4. The lowest BCUT2D eigenvalue weighted by Crippen LogP contribution is -2.38. The van der Waals surface area contributed by atoms with E-state index in [1.807, 2.05) is 50.6 Å². The highest BCUT2D eigenvalue weighted by molar-refractivity contribution is 5.83. The largest absolute Gasteiger partial charge is 0.481 e. The van der Waals surface area contributed by atoms with Crippen molar-refractivity contribution in [3.63, 3.8) is 0 Å². The fourth-order valence-corrected chi connectivity index (χ4v) is 5.21. The SMILES string of the molecule is COCCOc1nc(N)c2nc(OC)n(Cc3ccc(CN(C)CCCN(Cc4cccc(CC(=O)O)c4)C(=O)OC(C)(C)C)cc3)c2n1. The number of amides is 1. The lowest BCUT2D eigenvalue weighted by atomic mass is 10.1. The lowest BCUT2D eigenvalue weighted by Gasteiger charge is -2.28. The van der Waals surface area contributed by atoms with Crippen LogP contribution >= 0.6 is 0 Å². The summed E-state index contributed by atoms with van der Waals surface area (Å²) < 4.78 is 23.7. The van der Waals surface area contributed by atoms with E-state index in [4.69, 9.17) is 24.7 Å². The summed E-state index contributed by atoms with van der Waals surface area (Å²) in [7, 11) is 5.17. The van der Waals surface area contributed by atoms with Crippen molar-refractivity contribution in [2.24, 2.45) is 0 Å². The van der Waals surface area contributed by atoms with Crippen LogP contribution in [-0.2, 0) is 40.3 Å². The van der Waals surface area contributed by atoms with Gasteiger partial charge in [-0.1, -0.05) is 48.5 Å². The molecule has 0 aliphatic rings. The molecule has 0 aliphatic heterocycles. The van der Waals surface area contributed by atoms with Gasteiger partial charge in [0.1, 0.15) is 12.2 Å². The molecule has 49 heavy (non-hydrogen) atoms. The zero-order chi connectivity index (χ0) is 35.6. The van der Waals surface area contributed by atoms with Crippen LogP contribution in [0.4, 0.5) is 10.6 Å². The molecule has 0 aliphatic carbocycles. The Bertz CT molecular complexity index is 1700. The van der Waals surface area contributed by atoms with Crippen LogP contribution in [0.5, 0.6) is 12.0 Å². The van der Waals surface area contributed by atoms with Gasteiger partial charge < -0.3 is 39.6 Å². The van der Waals surface area contributed by atoms with Gasteiger partial charge in [0.15, 0.2) is 17.0 Å². The molecular formula is C35H47N7O7. The van der Waals surface area contributed by atoms with Crippen LogP contribution in [0.15, 0.2) is 48.5 Å². The molecule has 1 amide bonds.